The number of sulfonamides is 1. The molecule has 1 aromatic rings. The average molecular weight is 297 g/mol. The second kappa shape index (κ2) is 5.41. The minimum absolute atomic E-state index is 0.150. The minimum atomic E-state index is -3.75. The van der Waals surface area contributed by atoms with Gasteiger partial charge < -0.3 is 11.1 Å². The zero-order valence-electron chi connectivity index (χ0n) is 11.6. The molecule has 0 spiro atoms. The summed E-state index contributed by atoms with van der Waals surface area (Å²) in [4.78, 5) is 11.7. The van der Waals surface area contributed by atoms with E-state index in [0.29, 0.717) is 16.8 Å². The van der Waals surface area contributed by atoms with Crippen molar-refractivity contribution in [2.75, 3.05) is 12.3 Å². The third-order valence-corrected chi connectivity index (χ3v) is 4.97. The molecule has 1 amide bonds. The quantitative estimate of drug-likeness (QED) is 0.686. The van der Waals surface area contributed by atoms with Gasteiger partial charge >= 0.3 is 0 Å². The normalized spacial score (nSPS) is 15.1. The van der Waals surface area contributed by atoms with Crippen molar-refractivity contribution in [1.29, 1.82) is 0 Å². The summed E-state index contributed by atoms with van der Waals surface area (Å²) < 4.78 is 26.9. The molecular formula is C13H19N3O3S. The highest BCUT2D eigenvalue weighted by Crippen LogP contribution is 2.24. The number of rotatable bonds is 5. The number of nitrogen functional groups attached to an aromatic ring is 1. The van der Waals surface area contributed by atoms with E-state index in [2.05, 4.69) is 10.0 Å². The molecule has 0 atom stereocenters. The van der Waals surface area contributed by atoms with Gasteiger partial charge in [-0.2, -0.15) is 0 Å². The van der Waals surface area contributed by atoms with E-state index in [1.54, 1.807) is 26.0 Å². The monoisotopic (exact) mass is 297 g/mol. The van der Waals surface area contributed by atoms with Gasteiger partial charge in [-0.1, -0.05) is 6.07 Å². The predicted molar refractivity (Wildman–Crippen MR) is 76.7 cm³/mol. The highest BCUT2D eigenvalue weighted by Gasteiger charge is 2.25. The van der Waals surface area contributed by atoms with Gasteiger partial charge in [0.05, 0.1) is 11.4 Å². The molecule has 6 nitrogen and oxygen atoms in total. The van der Waals surface area contributed by atoms with Crippen LogP contribution >= 0.6 is 0 Å². The molecule has 0 heterocycles. The summed E-state index contributed by atoms with van der Waals surface area (Å²) in [6.07, 6.45) is 1.93. The van der Waals surface area contributed by atoms with Crippen molar-refractivity contribution in [2.24, 2.45) is 0 Å². The molecule has 110 valence electrons. The summed E-state index contributed by atoms with van der Waals surface area (Å²) in [7, 11) is -3.75. The molecule has 4 N–H and O–H groups in total. The third kappa shape index (κ3) is 3.29. The molecule has 0 radical (unpaired) electrons. The number of anilines is 1. The Morgan fingerprint density at radius 1 is 1.35 bits per heavy atom. The lowest BCUT2D eigenvalue weighted by atomic mass is 10.1. The van der Waals surface area contributed by atoms with Gasteiger partial charge in [0.1, 0.15) is 0 Å². The van der Waals surface area contributed by atoms with Crippen molar-refractivity contribution in [3.05, 3.63) is 23.3 Å². The number of amides is 1. The van der Waals surface area contributed by atoms with Gasteiger partial charge in [-0.05, 0) is 43.9 Å². The molecule has 1 saturated carbocycles. The van der Waals surface area contributed by atoms with E-state index in [-0.39, 0.29) is 23.4 Å². The van der Waals surface area contributed by atoms with Crippen molar-refractivity contribution in [3.63, 3.8) is 0 Å². The van der Waals surface area contributed by atoms with Crippen molar-refractivity contribution >= 4 is 21.6 Å². The first-order valence-electron chi connectivity index (χ1n) is 6.46. The fourth-order valence-corrected chi connectivity index (χ4v) is 3.47. The van der Waals surface area contributed by atoms with Gasteiger partial charge in [0.25, 0.3) is 0 Å². The summed E-state index contributed by atoms with van der Waals surface area (Å²) in [6, 6.07) is 3.54. The van der Waals surface area contributed by atoms with E-state index in [9.17, 15) is 13.2 Å². The first kappa shape index (κ1) is 14.8. The third-order valence-electron chi connectivity index (χ3n) is 3.28. The highest BCUT2D eigenvalue weighted by atomic mass is 32.2. The van der Waals surface area contributed by atoms with Crippen LogP contribution in [0, 0.1) is 13.8 Å². The van der Waals surface area contributed by atoms with E-state index in [4.69, 9.17) is 5.73 Å². The fourth-order valence-electron chi connectivity index (χ4n) is 1.99. The molecule has 0 aromatic heterocycles. The molecule has 0 saturated heterocycles. The molecular weight excluding hydrogens is 278 g/mol. The number of hydrogen-bond acceptors (Lipinski definition) is 4. The summed E-state index contributed by atoms with van der Waals surface area (Å²) >= 11 is 0. The van der Waals surface area contributed by atoms with Gasteiger partial charge in [0, 0.05) is 11.7 Å². The van der Waals surface area contributed by atoms with Gasteiger partial charge in [-0.15, -0.1) is 0 Å². The highest BCUT2D eigenvalue weighted by molar-refractivity contribution is 7.89. The van der Waals surface area contributed by atoms with Gasteiger partial charge in [-0.25, -0.2) is 13.1 Å². The van der Waals surface area contributed by atoms with Gasteiger partial charge in [0.15, 0.2) is 0 Å². The van der Waals surface area contributed by atoms with Gasteiger partial charge in [0.2, 0.25) is 15.9 Å². The molecule has 7 heteroatoms. The Hall–Kier alpha value is -1.60. The number of aryl methyl sites for hydroxylation is 1. The average Bonchev–Trinajstić information content (AvgIpc) is 3.16. The molecule has 1 aromatic carbocycles. The topological polar surface area (TPSA) is 101 Å². The SMILES string of the molecule is Cc1ccc(N)c(C)c1S(=O)(=O)NCC(=O)NC1CC1. The van der Waals surface area contributed by atoms with Crippen LogP contribution in [0.25, 0.3) is 0 Å². The van der Waals surface area contributed by atoms with Crippen LogP contribution in [0.5, 0.6) is 0 Å². The second-order valence-electron chi connectivity index (χ2n) is 5.09. The number of nitrogens with one attached hydrogen (secondary N) is 2. The molecule has 0 unspecified atom stereocenters. The lowest BCUT2D eigenvalue weighted by molar-refractivity contribution is -0.120. The van der Waals surface area contributed by atoms with Crippen molar-refractivity contribution in [1.82, 2.24) is 10.0 Å². The van der Waals surface area contributed by atoms with E-state index >= 15 is 0 Å². The summed E-state index contributed by atoms with van der Waals surface area (Å²) in [5.74, 6) is -0.310. The molecule has 2 rings (SSSR count). The zero-order valence-corrected chi connectivity index (χ0v) is 12.4. The number of carbonyl (C=O) groups excluding carboxylic acids is 1. The summed E-state index contributed by atoms with van der Waals surface area (Å²) in [5, 5.41) is 2.73. The number of benzene rings is 1. The maximum Gasteiger partial charge on any atom is 0.241 e. The Morgan fingerprint density at radius 3 is 2.60 bits per heavy atom. The van der Waals surface area contributed by atoms with Crippen LogP contribution in [0.4, 0.5) is 5.69 Å². The lowest BCUT2D eigenvalue weighted by Crippen LogP contribution is -2.38. The van der Waals surface area contributed by atoms with Crippen LogP contribution in [-0.2, 0) is 14.8 Å². The number of carbonyl (C=O) groups is 1. The fraction of sp³-hybridized carbons (Fsp3) is 0.462. The molecule has 20 heavy (non-hydrogen) atoms. The Balaban J connectivity index is 2.13. The van der Waals surface area contributed by atoms with Gasteiger partial charge in [-0.3, -0.25) is 4.79 Å². The van der Waals surface area contributed by atoms with Crippen LogP contribution in [0.15, 0.2) is 17.0 Å². The van der Waals surface area contributed by atoms with E-state index in [0.717, 1.165) is 12.8 Å². The Morgan fingerprint density at radius 2 is 2.00 bits per heavy atom. The zero-order chi connectivity index (χ0) is 14.9. The van der Waals surface area contributed by atoms with Crippen LogP contribution < -0.4 is 15.8 Å². The molecule has 0 bridgehead atoms. The van der Waals surface area contributed by atoms with Crippen molar-refractivity contribution < 1.29 is 13.2 Å². The van der Waals surface area contributed by atoms with Crippen LogP contribution in [-0.4, -0.2) is 26.9 Å². The molecule has 1 fully saturated rings. The lowest BCUT2D eigenvalue weighted by Gasteiger charge is -2.13. The Kier molecular flexibility index (Phi) is 4.01. The molecule has 1 aliphatic carbocycles. The Bertz CT molecular complexity index is 637. The first-order valence-corrected chi connectivity index (χ1v) is 7.94. The first-order chi connectivity index (χ1) is 9.31. The standard InChI is InChI=1S/C13H19N3O3S/c1-8-3-6-11(14)9(2)13(8)20(18,19)15-7-12(17)16-10-4-5-10/h3,6,10,15H,4-5,7,14H2,1-2H3,(H,16,17). The van der Waals surface area contributed by atoms with Crippen LogP contribution in [0.2, 0.25) is 0 Å². The van der Waals surface area contributed by atoms with Crippen molar-refractivity contribution in [2.45, 2.75) is 37.6 Å². The van der Waals surface area contributed by atoms with E-state index in [1.807, 2.05) is 0 Å². The van der Waals surface area contributed by atoms with Crippen molar-refractivity contribution in [3.8, 4) is 0 Å². The predicted octanol–water partition coefficient (Wildman–Crippen LogP) is 0.443. The number of hydrogen-bond donors (Lipinski definition) is 3. The minimum Gasteiger partial charge on any atom is -0.398 e. The summed E-state index contributed by atoms with van der Waals surface area (Å²) in [6.45, 7) is 3.10. The van der Waals surface area contributed by atoms with E-state index in [1.165, 1.54) is 0 Å². The largest absolute Gasteiger partial charge is 0.398 e. The maximum atomic E-state index is 12.3. The summed E-state index contributed by atoms with van der Waals surface area (Å²) in [5.41, 5.74) is 7.26. The maximum absolute atomic E-state index is 12.3. The molecule has 0 aliphatic heterocycles. The second-order valence-corrected chi connectivity index (χ2v) is 6.80. The van der Waals surface area contributed by atoms with Crippen LogP contribution in [0.3, 0.4) is 0 Å². The number of nitrogens with two attached hydrogens (primary N) is 1. The smallest absolute Gasteiger partial charge is 0.241 e. The van der Waals surface area contributed by atoms with E-state index < -0.39 is 10.0 Å². The Labute approximate surface area is 118 Å². The molecule has 1 aliphatic rings. The van der Waals surface area contributed by atoms with Crippen LogP contribution in [0.1, 0.15) is 24.0 Å².